The molecular formula is C25H26ClN7O4. The summed E-state index contributed by atoms with van der Waals surface area (Å²) >= 11 is 6.15. The molecule has 1 fully saturated rings. The monoisotopic (exact) mass is 523 g/mol. The summed E-state index contributed by atoms with van der Waals surface area (Å²) in [7, 11) is 0. The van der Waals surface area contributed by atoms with Gasteiger partial charge in [-0.05, 0) is 71.3 Å². The minimum atomic E-state index is -0.994. The van der Waals surface area contributed by atoms with Gasteiger partial charge in [0.25, 0.3) is 0 Å². The Morgan fingerprint density at radius 3 is 2.59 bits per heavy atom. The molecule has 1 atom stereocenters. The summed E-state index contributed by atoms with van der Waals surface area (Å²) in [6, 6.07) is 11.4. The minimum absolute atomic E-state index is 0.0383. The summed E-state index contributed by atoms with van der Waals surface area (Å²) < 4.78 is 1.48. The van der Waals surface area contributed by atoms with E-state index in [2.05, 4.69) is 26.2 Å². The fraction of sp³-hybridized carbons (Fsp3) is 0.280. The summed E-state index contributed by atoms with van der Waals surface area (Å²) in [5.41, 5.74) is 2.27. The van der Waals surface area contributed by atoms with E-state index < -0.39 is 5.97 Å². The molecule has 192 valence electrons. The van der Waals surface area contributed by atoms with Crippen molar-refractivity contribution in [3.63, 3.8) is 0 Å². The fourth-order valence-corrected chi connectivity index (χ4v) is 4.28. The Morgan fingerprint density at radius 1 is 1.19 bits per heavy atom. The Labute approximate surface area is 218 Å². The van der Waals surface area contributed by atoms with Gasteiger partial charge in [-0.1, -0.05) is 11.6 Å². The molecule has 0 spiro atoms. The van der Waals surface area contributed by atoms with Crippen LogP contribution in [0.2, 0.25) is 5.02 Å². The number of anilines is 1. The smallest absolute Gasteiger partial charge is 0.335 e. The molecule has 0 bridgehead atoms. The number of halogens is 1. The van der Waals surface area contributed by atoms with Crippen LogP contribution in [0.3, 0.4) is 0 Å². The highest BCUT2D eigenvalue weighted by Gasteiger charge is 2.30. The normalized spacial score (nSPS) is 14.3. The first-order valence-corrected chi connectivity index (χ1v) is 12.0. The molecule has 2 heterocycles. The second-order valence-corrected chi connectivity index (χ2v) is 9.22. The van der Waals surface area contributed by atoms with Crippen LogP contribution in [0.5, 0.6) is 0 Å². The Kier molecular flexibility index (Phi) is 8.14. The van der Waals surface area contributed by atoms with Gasteiger partial charge in [0.2, 0.25) is 11.8 Å². The fourth-order valence-electron chi connectivity index (χ4n) is 4.10. The van der Waals surface area contributed by atoms with Crippen molar-refractivity contribution in [2.24, 2.45) is 5.92 Å². The number of nitrogens with zero attached hydrogens (tertiary/aromatic N) is 5. The number of carboxylic acids is 1. The molecule has 12 heteroatoms. The summed E-state index contributed by atoms with van der Waals surface area (Å²) in [5.74, 6) is -0.977. The first-order chi connectivity index (χ1) is 17.8. The third-order valence-electron chi connectivity index (χ3n) is 6.05. The molecule has 4 rings (SSSR count). The largest absolute Gasteiger partial charge is 0.478 e. The van der Waals surface area contributed by atoms with Crippen LogP contribution in [0.15, 0.2) is 54.9 Å². The molecule has 1 aliphatic rings. The number of likely N-dealkylation sites (tertiary alicyclic amines) is 1. The number of hydrogen-bond acceptors (Lipinski definition) is 7. The number of aromatic nitrogens is 4. The number of benzene rings is 2. The Bertz CT molecular complexity index is 1290. The predicted octanol–water partition coefficient (Wildman–Crippen LogP) is 2.49. The van der Waals surface area contributed by atoms with Crippen molar-refractivity contribution in [2.45, 2.75) is 19.4 Å². The van der Waals surface area contributed by atoms with E-state index in [0.29, 0.717) is 42.3 Å². The zero-order chi connectivity index (χ0) is 26.4. The first kappa shape index (κ1) is 25.8. The topological polar surface area (TPSA) is 142 Å². The van der Waals surface area contributed by atoms with Crippen LogP contribution >= 0.6 is 11.6 Å². The van der Waals surface area contributed by atoms with E-state index in [0.717, 1.165) is 5.69 Å². The van der Waals surface area contributed by atoms with Gasteiger partial charge in [-0.25, -0.2) is 4.79 Å². The molecule has 2 amide bonds. The number of carbonyl (C=O) groups is 3. The van der Waals surface area contributed by atoms with Crippen molar-refractivity contribution in [3.8, 4) is 5.69 Å². The zero-order valence-electron chi connectivity index (χ0n) is 20.0. The molecule has 0 aliphatic carbocycles. The Morgan fingerprint density at radius 2 is 1.95 bits per heavy atom. The van der Waals surface area contributed by atoms with Gasteiger partial charge >= 0.3 is 5.97 Å². The molecule has 0 saturated carbocycles. The Hall–Kier alpha value is -4.25. The molecule has 3 N–H and O–H groups in total. The van der Waals surface area contributed by atoms with Gasteiger partial charge in [0.1, 0.15) is 6.33 Å². The average Bonchev–Trinajstić information content (AvgIpc) is 3.37. The van der Waals surface area contributed by atoms with Crippen molar-refractivity contribution in [2.75, 3.05) is 25.0 Å². The van der Waals surface area contributed by atoms with E-state index in [1.54, 1.807) is 48.2 Å². The number of rotatable bonds is 10. The van der Waals surface area contributed by atoms with E-state index >= 15 is 0 Å². The summed E-state index contributed by atoms with van der Waals surface area (Å²) in [6.07, 6.45) is 5.20. The van der Waals surface area contributed by atoms with Gasteiger partial charge in [-0.15, -0.1) is 5.10 Å². The lowest BCUT2D eigenvalue weighted by Gasteiger charge is -2.40. The van der Waals surface area contributed by atoms with Crippen LogP contribution in [0, 0.1) is 5.92 Å². The SMILES string of the molecule is CC(=O)N1CC(CC(CNc2ccc(C(=O)O)cc2)NC(=O)/C=C/c2cc(Cl)ccc2-n2cnnn2)C1. The molecule has 1 aliphatic heterocycles. The average molecular weight is 524 g/mol. The van der Waals surface area contributed by atoms with Crippen molar-refractivity contribution in [1.29, 1.82) is 0 Å². The van der Waals surface area contributed by atoms with E-state index in [-0.39, 0.29) is 29.3 Å². The van der Waals surface area contributed by atoms with E-state index in [1.807, 2.05) is 0 Å². The number of aromatic carboxylic acids is 1. The van der Waals surface area contributed by atoms with E-state index in [1.165, 1.54) is 29.2 Å². The van der Waals surface area contributed by atoms with Gasteiger partial charge < -0.3 is 20.6 Å². The molecule has 1 unspecified atom stereocenters. The van der Waals surface area contributed by atoms with E-state index in [9.17, 15) is 14.4 Å². The van der Waals surface area contributed by atoms with Gasteiger partial charge in [0.15, 0.2) is 0 Å². The summed E-state index contributed by atoms with van der Waals surface area (Å²) in [5, 5.41) is 27.1. The van der Waals surface area contributed by atoms with Gasteiger partial charge in [-0.2, -0.15) is 4.68 Å². The lowest BCUT2D eigenvalue weighted by molar-refractivity contribution is -0.135. The number of tetrazole rings is 1. The van der Waals surface area contributed by atoms with Gasteiger partial charge in [0, 0.05) is 54.9 Å². The second kappa shape index (κ2) is 11.7. The van der Waals surface area contributed by atoms with Crippen LogP contribution in [0.4, 0.5) is 5.69 Å². The van der Waals surface area contributed by atoms with Crippen molar-refractivity contribution >= 4 is 41.1 Å². The summed E-state index contributed by atoms with van der Waals surface area (Å²) in [6.45, 7) is 3.28. The van der Waals surface area contributed by atoms with Crippen LogP contribution in [-0.4, -0.2) is 73.7 Å². The first-order valence-electron chi connectivity index (χ1n) is 11.6. The molecule has 1 saturated heterocycles. The van der Waals surface area contributed by atoms with Crippen molar-refractivity contribution in [3.05, 3.63) is 71.0 Å². The molecule has 0 radical (unpaired) electrons. The van der Waals surface area contributed by atoms with E-state index in [4.69, 9.17) is 16.7 Å². The summed E-state index contributed by atoms with van der Waals surface area (Å²) in [4.78, 5) is 37.3. The minimum Gasteiger partial charge on any atom is -0.478 e. The zero-order valence-corrected chi connectivity index (χ0v) is 20.8. The van der Waals surface area contributed by atoms with Crippen molar-refractivity contribution in [1.82, 2.24) is 30.4 Å². The maximum atomic E-state index is 12.9. The third kappa shape index (κ3) is 6.91. The molecule has 11 nitrogen and oxygen atoms in total. The lowest BCUT2D eigenvalue weighted by Crippen LogP contribution is -2.52. The van der Waals surface area contributed by atoms with Crippen LogP contribution < -0.4 is 10.6 Å². The Balaban J connectivity index is 1.42. The van der Waals surface area contributed by atoms with Gasteiger partial charge in [-0.3, -0.25) is 9.59 Å². The van der Waals surface area contributed by atoms with Crippen LogP contribution in [0.1, 0.15) is 29.3 Å². The molecule has 1 aromatic heterocycles. The second-order valence-electron chi connectivity index (χ2n) is 8.79. The molecule has 3 aromatic rings. The quantitative estimate of drug-likeness (QED) is 0.344. The number of carboxylic acid groups (broad SMARTS) is 1. The standard InChI is InChI=1S/C25H26ClN7O4/c1-16(34)32-13-17(14-32)10-22(12-27-21-6-2-18(3-7-21)25(36)37)29-24(35)9-4-19-11-20(26)5-8-23(19)33-15-28-30-31-33/h2-9,11,15,17,22,27H,10,12-14H2,1H3,(H,29,35)(H,36,37)/b9-4+. The highest BCUT2D eigenvalue weighted by atomic mass is 35.5. The number of hydrogen-bond donors (Lipinski definition) is 3. The maximum absolute atomic E-state index is 12.9. The maximum Gasteiger partial charge on any atom is 0.335 e. The molecular weight excluding hydrogens is 498 g/mol. The highest BCUT2D eigenvalue weighted by Crippen LogP contribution is 2.22. The highest BCUT2D eigenvalue weighted by molar-refractivity contribution is 6.30. The molecule has 37 heavy (non-hydrogen) atoms. The lowest BCUT2D eigenvalue weighted by atomic mass is 9.92. The van der Waals surface area contributed by atoms with Crippen LogP contribution in [0.25, 0.3) is 11.8 Å². The number of carbonyl (C=O) groups excluding carboxylic acids is 2. The molecule has 2 aromatic carbocycles. The number of amides is 2. The van der Waals surface area contributed by atoms with Crippen molar-refractivity contribution < 1.29 is 19.5 Å². The third-order valence-corrected chi connectivity index (χ3v) is 6.29. The van der Waals surface area contributed by atoms with Crippen LogP contribution in [-0.2, 0) is 9.59 Å². The van der Waals surface area contributed by atoms with Gasteiger partial charge in [0.05, 0.1) is 11.3 Å². The number of nitrogens with one attached hydrogen (secondary N) is 2. The predicted molar refractivity (Wildman–Crippen MR) is 137 cm³/mol.